The van der Waals surface area contributed by atoms with E-state index in [-0.39, 0.29) is 55.7 Å². The van der Waals surface area contributed by atoms with E-state index in [2.05, 4.69) is 0 Å². The molecule has 0 fully saturated rings. The first-order valence-electron chi connectivity index (χ1n) is 4.62. The number of Topliss-reactive ketones (excluding diaryl/α,β-unsaturated/α-hetero) is 2. The van der Waals surface area contributed by atoms with E-state index in [0.29, 0.717) is 0 Å². The first kappa shape index (κ1) is 17.0. The summed E-state index contributed by atoms with van der Waals surface area (Å²) in [5, 5.41) is 0. The topological polar surface area (TPSA) is 34.1 Å². The van der Waals surface area contributed by atoms with Crippen LogP contribution in [-0.2, 0) is 9.59 Å². The molecule has 3 heteroatoms. The molecular formula is C11H20CaO2+2. The van der Waals surface area contributed by atoms with E-state index in [9.17, 15) is 9.59 Å². The average Bonchev–Trinajstić information content (AvgIpc) is 1.82. The van der Waals surface area contributed by atoms with Gasteiger partial charge in [0.1, 0.15) is 11.6 Å². The molecule has 0 aromatic heterocycles. The molecule has 0 bridgehead atoms. The van der Waals surface area contributed by atoms with Gasteiger partial charge in [0.15, 0.2) is 0 Å². The Balaban J connectivity index is 0. The molecule has 0 aliphatic heterocycles. The second kappa shape index (κ2) is 5.62. The molecule has 0 rings (SSSR count). The van der Waals surface area contributed by atoms with E-state index in [0.717, 1.165) is 0 Å². The standard InChI is InChI=1S/C11H20O2.Ca/c1-10(2,3)8(12)7-9(13)11(4,5)6;/h7H2,1-6H3;/q;+2. The molecule has 0 amide bonds. The van der Waals surface area contributed by atoms with Gasteiger partial charge in [-0.05, 0) is 0 Å². The summed E-state index contributed by atoms with van der Waals surface area (Å²) in [6.45, 7) is 11.0. The Morgan fingerprint density at radius 3 is 1.14 bits per heavy atom. The van der Waals surface area contributed by atoms with Gasteiger partial charge in [-0.1, -0.05) is 41.5 Å². The summed E-state index contributed by atoms with van der Waals surface area (Å²) in [5.41, 5.74) is -0.804. The molecule has 0 aromatic rings. The van der Waals surface area contributed by atoms with Gasteiger partial charge in [0.25, 0.3) is 0 Å². The van der Waals surface area contributed by atoms with Crippen LogP contribution in [0.5, 0.6) is 0 Å². The van der Waals surface area contributed by atoms with Crippen molar-refractivity contribution in [3.63, 3.8) is 0 Å². The van der Waals surface area contributed by atoms with Crippen LogP contribution in [0.4, 0.5) is 0 Å². The Bertz CT molecular complexity index is 194. The van der Waals surface area contributed by atoms with Crippen LogP contribution in [-0.4, -0.2) is 49.3 Å². The summed E-state index contributed by atoms with van der Waals surface area (Å²) in [7, 11) is 0. The van der Waals surface area contributed by atoms with Crippen molar-refractivity contribution < 1.29 is 9.59 Å². The van der Waals surface area contributed by atoms with Gasteiger partial charge in [-0.25, -0.2) is 0 Å². The molecule has 0 aliphatic rings. The Hall–Kier alpha value is 0.600. The normalized spacial score (nSPS) is 11.9. The Kier molecular flexibility index (Phi) is 6.83. The minimum Gasteiger partial charge on any atom is -0.299 e. The summed E-state index contributed by atoms with van der Waals surface area (Å²) in [5.74, 6) is 0.0415. The summed E-state index contributed by atoms with van der Waals surface area (Å²) in [6.07, 6.45) is 0.0625. The van der Waals surface area contributed by atoms with Gasteiger partial charge in [-0.15, -0.1) is 0 Å². The molecule has 0 aromatic carbocycles. The van der Waals surface area contributed by atoms with Gasteiger partial charge < -0.3 is 0 Å². The van der Waals surface area contributed by atoms with Crippen LogP contribution < -0.4 is 0 Å². The van der Waals surface area contributed by atoms with Gasteiger partial charge in [0.05, 0.1) is 6.42 Å². The number of carbonyl (C=O) groups excluding carboxylic acids is 2. The molecule has 76 valence electrons. The number of hydrogen-bond acceptors (Lipinski definition) is 2. The van der Waals surface area contributed by atoms with Crippen molar-refractivity contribution in [2.45, 2.75) is 48.0 Å². The summed E-state index contributed by atoms with van der Waals surface area (Å²) < 4.78 is 0. The van der Waals surface area contributed by atoms with Gasteiger partial charge in [-0.2, -0.15) is 0 Å². The molecule has 0 N–H and O–H groups in total. The predicted molar refractivity (Wildman–Crippen MR) is 59.3 cm³/mol. The van der Waals surface area contributed by atoms with Crippen molar-refractivity contribution in [1.82, 2.24) is 0 Å². The van der Waals surface area contributed by atoms with Crippen LogP contribution in [0.3, 0.4) is 0 Å². The SMILES string of the molecule is CC(C)(C)C(=O)CC(=O)C(C)(C)C.[Ca+2]. The average molecular weight is 224 g/mol. The van der Waals surface area contributed by atoms with E-state index in [1.54, 1.807) is 0 Å². The number of carbonyl (C=O) groups is 2. The Morgan fingerprint density at radius 2 is 1.00 bits per heavy atom. The molecule has 0 saturated carbocycles. The van der Waals surface area contributed by atoms with Crippen molar-refractivity contribution in [3.05, 3.63) is 0 Å². The number of rotatable bonds is 2. The van der Waals surface area contributed by atoms with Crippen LogP contribution >= 0.6 is 0 Å². The summed E-state index contributed by atoms with van der Waals surface area (Å²) in [6, 6.07) is 0. The zero-order valence-corrected chi connectivity index (χ0v) is 12.4. The largest absolute Gasteiger partial charge is 2.00 e. The fourth-order valence-corrected chi connectivity index (χ4v) is 0.676. The maximum absolute atomic E-state index is 11.5. The summed E-state index contributed by atoms with van der Waals surface area (Å²) in [4.78, 5) is 23.0. The zero-order chi connectivity index (χ0) is 10.9. The predicted octanol–water partition coefficient (Wildman–Crippen LogP) is 2.23. The summed E-state index contributed by atoms with van der Waals surface area (Å²) >= 11 is 0. The zero-order valence-electron chi connectivity index (χ0n) is 10.2. The van der Waals surface area contributed by atoms with Crippen molar-refractivity contribution in [3.8, 4) is 0 Å². The number of ketones is 2. The van der Waals surface area contributed by atoms with E-state index in [1.807, 2.05) is 41.5 Å². The van der Waals surface area contributed by atoms with E-state index in [1.165, 1.54) is 0 Å². The quantitative estimate of drug-likeness (QED) is 0.532. The minimum absolute atomic E-state index is 0. The van der Waals surface area contributed by atoms with Gasteiger partial charge >= 0.3 is 37.7 Å². The second-order valence-electron chi connectivity index (χ2n) is 5.52. The molecule has 0 saturated heterocycles. The molecular weight excluding hydrogens is 204 g/mol. The van der Waals surface area contributed by atoms with E-state index < -0.39 is 10.8 Å². The molecule has 14 heavy (non-hydrogen) atoms. The van der Waals surface area contributed by atoms with Gasteiger partial charge in [-0.3, -0.25) is 9.59 Å². The fraction of sp³-hybridized carbons (Fsp3) is 0.818. The molecule has 0 spiro atoms. The monoisotopic (exact) mass is 224 g/mol. The number of hydrogen-bond donors (Lipinski definition) is 0. The third-order valence-corrected chi connectivity index (χ3v) is 1.99. The van der Waals surface area contributed by atoms with Crippen LogP contribution in [0, 0.1) is 10.8 Å². The van der Waals surface area contributed by atoms with Crippen molar-refractivity contribution >= 4 is 49.3 Å². The van der Waals surface area contributed by atoms with Crippen molar-refractivity contribution in [2.75, 3.05) is 0 Å². The molecule has 0 aliphatic carbocycles. The van der Waals surface area contributed by atoms with Crippen LogP contribution in [0.25, 0.3) is 0 Å². The fourth-order valence-electron chi connectivity index (χ4n) is 0.676. The second-order valence-corrected chi connectivity index (χ2v) is 5.52. The van der Waals surface area contributed by atoms with E-state index in [4.69, 9.17) is 0 Å². The molecule has 0 radical (unpaired) electrons. The smallest absolute Gasteiger partial charge is 0.299 e. The Labute approximate surface area is 117 Å². The maximum Gasteiger partial charge on any atom is 2.00 e. The molecule has 0 unspecified atom stereocenters. The van der Waals surface area contributed by atoms with Crippen molar-refractivity contribution in [1.29, 1.82) is 0 Å². The van der Waals surface area contributed by atoms with Crippen LogP contribution in [0.2, 0.25) is 0 Å². The molecule has 0 atom stereocenters. The van der Waals surface area contributed by atoms with E-state index >= 15 is 0 Å². The third kappa shape index (κ3) is 6.15. The maximum atomic E-state index is 11.5. The van der Waals surface area contributed by atoms with Gasteiger partial charge in [0, 0.05) is 10.8 Å². The van der Waals surface area contributed by atoms with Crippen LogP contribution in [0.15, 0.2) is 0 Å². The van der Waals surface area contributed by atoms with Gasteiger partial charge in [0.2, 0.25) is 0 Å². The molecule has 2 nitrogen and oxygen atoms in total. The first-order chi connectivity index (χ1) is 5.55. The minimum atomic E-state index is -0.402. The third-order valence-electron chi connectivity index (χ3n) is 1.99. The first-order valence-corrected chi connectivity index (χ1v) is 4.62. The molecule has 0 heterocycles. The Morgan fingerprint density at radius 1 is 0.786 bits per heavy atom. The van der Waals surface area contributed by atoms with Crippen molar-refractivity contribution in [2.24, 2.45) is 10.8 Å². The van der Waals surface area contributed by atoms with Crippen LogP contribution in [0.1, 0.15) is 48.0 Å².